The smallest absolute Gasteiger partial charge is 0.317 e. The summed E-state index contributed by atoms with van der Waals surface area (Å²) in [6.07, 6.45) is 0.711. The van der Waals surface area contributed by atoms with Crippen LogP contribution in [-0.4, -0.2) is 103 Å². The zero-order chi connectivity index (χ0) is 27.0. The highest BCUT2D eigenvalue weighted by molar-refractivity contribution is 5.99. The summed E-state index contributed by atoms with van der Waals surface area (Å²) in [7, 11) is 5.63. The van der Waals surface area contributed by atoms with Crippen molar-refractivity contribution >= 4 is 23.5 Å². The molecule has 0 aromatic heterocycles. The quantitative estimate of drug-likeness (QED) is 0.449. The molecule has 0 unspecified atom stereocenters. The molecule has 3 atom stereocenters. The van der Waals surface area contributed by atoms with Gasteiger partial charge in [0.05, 0.1) is 24.8 Å². The van der Waals surface area contributed by atoms with Gasteiger partial charge in [0.2, 0.25) is 5.91 Å². The molecule has 10 nitrogen and oxygen atoms in total. The molecule has 0 fully saturated rings. The van der Waals surface area contributed by atoms with Crippen molar-refractivity contribution < 1.29 is 24.2 Å². The Bertz CT molecular complexity index is 907. The molecule has 1 aromatic rings. The zero-order valence-electron chi connectivity index (χ0n) is 22.7. The Hall–Kier alpha value is -2.85. The number of aliphatic hydroxyl groups excluding tert-OH is 1. The first kappa shape index (κ1) is 29.4. The van der Waals surface area contributed by atoms with Crippen LogP contribution in [0.1, 0.15) is 50.9 Å². The normalized spacial score (nSPS) is 18.7. The van der Waals surface area contributed by atoms with Crippen molar-refractivity contribution in [3.63, 3.8) is 0 Å². The average molecular weight is 506 g/mol. The van der Waals surface area contributed by atoms with Gasteiger partial charge in [-0.1, -0.05) is 6.92 Å². The number of urea groups is 1. The fraction of sp³-hybridized carbons (Fsp3) is 0.654. The van der Waals surface area contributed by atoms with Crippen LogP contribution in [0.25, 0.3) is 0 Å². The first-order chi connectivity index (χ1) is 16.9. The molecule has 0 aliphatic carbocycles. The molecule has 0 radical (unpaired) electrons. The summed E-state index contributed by atoms with van der Waals surface area (Å²) in [6, 6.07) is 4.43. The summed E-state index contributed by atoms with van der Waals surface area (Å²) in [6.45, 7) is 8.85. The second kappa shape index (κ2) is 13.5. The third-order valence-electron chi connectivity index (χ3n) is 6.17. The lowest BCUT2D eigenvalue weighted by atomic mass is 9.99. The molecule has 0 spiro atoms. The number of aliphatic hydroxyl groups is 1. The molecule has 1 aromatic carbocycles. The Kier molecular flexibility index (Phi) is 11.0. The van der Waals surface area contributed by atoms with Crippen molar-refractivity contribution in [2.75, 3.05) is 52.7 Å². The number of benzene rings is 1. The lowest BCUT2D eigenvalue weighted by Crippen LogP contribution is -2.51. The number of anilines is 1. The van der Waals surface area contributed by atoms with Gasteiger partial charge in [-0.05, 0) is 66.0 Å². The Morgan fingerprint density at radius 3 is 2.53 bits per heavy atom. The largest absolute Gasteiger partial charge is 0.487 e. The van der Waals surface area contributed by atoms with E-state index in [0.29, 0.717) is 36.5 Å². The fourth-order valence-electron chi connectivity index (χ4n) is 4.01. The van der Waals surface area contributed by atoms with Crippen LogP contribution in [0.3, 0.4) is 0 Å². The highest BCUT2D eigenvalue weighted by Gasteiger charge is 2.34. The molecular weight excluding hydrogens is 462 g/mol. The van der Waals surface area contributed by atoms with Gasteiger partial charge in [-0.15, -0.1) is 0 Å². The van der Waals surface area contributed by atoms with Crippen LogP contribution in [0.4, 0.5) is 10.5 Å². The number of likely N-dealkylation sites (N-methyl/N-ethyl adjacent to an activating group) is 1. The molecule has 0 bridgehead atoms. The number of carbonyl (C=O) groups is 3. The number of fused-ring (bicyclic) bond motifs is 1. The van der Waals surface area contributed by atoms with Crippen LogP contribution in [0.15, 0.2) is 18.2 Å². The maximum Gasteiger partial charge on any atom is 0.317 e. The molecule has 1 aliphatic rings. The van der Waals surface area contributed by atoms with E-state index in [-0.39, 0.29) is 42.5 Å². The van der Waals surface area contributed by atoms with E-state index < -0.39 is 6.04 Å². The van der Waals surface area contributed by atoms with E-state index in [1.165, 1.54) is 0 Å². The number of nitrogens with one attached hydrogen (secondary N) is 2. The van der Waals surface area contributed by atoms with Gasteiger partial charge >= 0.3 is 6.03 Å². The van der Waals surface area contributed by atoms with Gasteiger partial charge in [-0.3, -0.25) is 9.59 Å². The zero-order valence-corrected chi connectivity index (χ0v) is 22.7. The standard InChI is InChI=1S/C26H43N5O5/c1-17(2)27-26(35)30(7)15-23-18(3)14-31(19(4)16-32)25(34)21-13-20(10-11-22(21)36-23)28-24(33)9-8-12-29(5)6/h10-11,13,17-19,23,32H,8-9,12,14-16H2,1-7H3,(H,27,35)(H,28,33)/t18-,19+,23+/m0/s1. The van der Waals surface area contributed by atoms with Crippen LogP contribution in [0.2, 0.25) is 0 Å². The highest BCUT2D eigenvalue weighted by Crippen LogP contribution is 2.30. The number of carbonyl (C=O) groups excluding carboxylic acids is 3. The minimum Gasteiger partial charge on any atom is -0.487 e. The van der Waals surface area contributed by atoms with Crippen molar-refractivity contribution in [1.29, 1.82) is 0 Å². The van der Waals surface area contributed by atoms with Crippen molar-refractivity contribution in [3.8, 4) is 5.75 Å². The van der Waals surface area contributed by atoms with Gasteiger partial charge in [0.25, 0.3) is 5.91 Å². The first-order valence-corrected chi connectivity index (χ1v) is 12.6. The van der Waals surface area contributed by atoms with Crippen molar-refractivity contribution in [3.05, 3.63) is 23.8 Å². The number of ether oxygens (including phenoxy) is 1. The first-order valence-electron chi connectivity index (χ1n) is 12.6. The number of hydrogen-bond donors (Lipinski definition) is 3. The summed E-state index contributed by atoms with van der Waals surface area (Å²) in [5, 5.41) is 15.6. The third kappa shape index (κ3) is 8.37. The summed E-state index contributed by atoms with van der Waals surface area (Å²) < 4.78 is 6.31. The number of amides is 4. The van der Waals surface area contributed by atoms with Crippen molar-refractivity contribution in [1.82, 2.24) is 20.0 Å². The second-order valence-electron chi connectivity index (χ2n) is 10.3. The Labute approximate surface area is 214 Å². The summed E-state index contributed by atoms with van der Waals surface area (Å²) in [5.41, 5.74) is 0.823. The molecule has 202 valence electrons. The number of hydrogen-bond acceptors (Lipinski definition) is 6. The summed E-state index contributed by atoms with van der Waals surface area (Å²) >= 11 is 0. The molecule has 4 amide bonds. The topological polar surface area (TPSA) is 114 Å². The predicted molar refractivity (Wildman–Crippen MR) is 140 cm³/mol. The van der Waals surface area contributed by atoms with E-state index in [4.69, 9.17) is 4.74 Å². The minimum absolute atomic E-state index is 0.00591. The van der Waals surface area contributed by atoms with Crippen LogP contribution < -0.4 is 15.4 Å². The van der Waals surface area contributed by atoms with Gasteiger partial charge in [-0.2, -0.15) is 0 Å². The van der Waals surface area contributed by atoms with Crippen LogP contribution in [-0.2, 0) is 4.79 Å². The average Bonchev–Trinajstić information content (AvgIpc) is 2.80. The van der Waals surface area contributed by atoms with Crippen molar-refractivity contribution in [2.24, 2.45) is 5.92 Å². The summed E-state index contributed by atoms with van der Waals surface area (Å²) in [5.74, 6) is -0.121. The van der Waals surface area contributed by atoms with Gasteiger partial charge in [0.1, 0.15) is 11.9 Å². The highest BCUT2D eigenvalue weighted by atomic mass is 16.5. The molecular formula is C26H43N5O5. The van der Waals surface area contributed by atoms with E-state index in [9.17, 15) is 19.5 Å². The molecule has 10 heteroatoms. The molecule has 0 saturated heterocycles. The molecule has 1 aliphatic heterocycles. The maximum atomic E-state index is 13.5. The van der Waals surface area contributed by atoms with E-state index in [1.54, 1.807) is 42.0 Å². The summed E-state index contributed by atoms with van der Waals surface area (Å²) in [4.78, 5) is 43.6. The van der Waals surface area contributed by atoms with Gasteiger partial charge < -0.3 is 35.2 Å². The van der Waals surface area contributed by atoms with E-state index in [1.807, 2.05) is 39.8 Å². The minimum atomic E-state index is -0.405. The number of rotatable bonds is 10. The lowest BCUT2D eigenvalue weighted by molar-refractivity contribution is -0.116. The predicted octanol–water partition coefficient (Wildman–Crippen LogP) is 2.24. The molecule has 2 rings (SSSR count). The van der Waals surface area contributed by atoms with Crippen molar-refractivity contribution in [2.45, 2.75) is 58.7 Å². The molecule has 3 N–H and O–H groups in total. The Balaban J connectivity index is 2.31. The van der Waals surface area contributed by atoms with E-state index >= 15 is 0 Å². The van der Waals surface area contributed by atoms with Gasteiger partial charge in [-0.25, -0.2) is 4.79 Å². The van der Waals surface area contributed by atoms with Gasteiger partial charge in [0.15, 0.2) is 0 Å². The lowest BCUT2D eigenvalue weighted by Gasteiger charge is -2.38. The van der Waals surface area contributed by atoms with Gasteiger partial charge in [0, 0.05) is 37.7 Å². The van der Waals surface area contributed by atoms with Crippen LogP contribution in [0.5, 0.6) is 5.75 Å². The van der Waals surface area contributed by atoms with E-state index in [2.05, 4.69) is 10.6 Å². The molecule has 1 heterocycles. The Morgan fingerprint density at radius 2 is 1.92 bits per heavy atom. The monoisotopic (exact) mass is 505 g/mol. The third-order valence-corrected chi connectivity index (χ3v) is 6.17. The van der Waals surface area contributed by atoms with Crippen LogP contribution >= 0.6 is 0 Å². The fourth-order valence-corrected chi connectivity index (χ4v) is 4.01. The molecule has 36 heavy (non-hydrogen) atoms. The maximum absolute atomic E-state index is 13.5. The SMILES string of the molecule is CC(C)NC(=O)N(C)C[C@H]1Oc2ccc(NC(=O)CCCN(C)C)cc2C(=O)N([C@H](C)CO)C[C@@H]1C. The molecule has 0 saturated carbocycles. The Morgan fingerprint density at radius 1 is 1.22 bits per heavy atom. The number of nitrogens with zero attached hydrogens (tertiary/aromatic N) is 3. The van der Waals surface area contributed by atoms with E-state index in [0.717, 1.165) is 13.0 Å². The second-order valence-corrected chi connectivity index (χ2v) is 10.3. The van der Waals surface area contributed by atoms with Crippen LogP contribution in [0, 0.1) is 5.92 Å².